The predicted molar refractivity (Wildman–Crippen MR) is 82.2 cm³/mol. The van der Waals surface area contributed by atoms with Crippen LogP contribution in [-0.2, 0) is 6.54 Å². The number of aliphatic hydroxyl groups is 1. The Labute approximate surface area is 121 Å². The molecule has 0 saturated carbocycles. The summed E-state index contributed by atoms with van der Waals surface area (Å²) in [5.41, 5.74) is 1.33. The Morgan fingerprint density at radius 3 is 2.65 bits per heavy atom. The molecule has 3 rings (SSSR count). The lowest BCUT2D eigenvalue weighted by Crippen LogP contribution is -2.20. The van der Waals surface area contributed by atoms with Crippen LogP contribution in [0.15, 0.2) is 60.5 Å². The maximum absolute atomic E-state index is 9.70. The normalized spacial score (nSPS) is 26.1. The fourth-order valence-corrected chi connectivity index (χ4v) is 3.27. The van der Waals surface area contributed by atoms with E-state index < -0.39 is 0 Å². The molecule has 1 aromatic heterocycles. The van der Waals surface area contributed by atoms with E-state index in [2.05, 4.69) is 47.3 Å². The van der Waals surface area contributed by atoms with Crippen LogP contribution in [0.4, 0.5) is 0 Å². The Morgan fingerprint density at radius 1 is 1.15 bits per heavy atom. The van der Waals surface area contributed by atoms with Crippen molar-refractivity contribution >= 4 is 0 Å². The molecule has 0 aliphatic heterocycles. The van der Waals surface area contributed by atoms with Crippen molar-refractivity contribution in [2.75, 3.05) is 6.61 Å². The highest BCUT2D eigenvalue weighted by Gasteiger charge is 2.24. The van der Waals surface area contributed by atoms with Crippen molar-refractivity contribution < 1.29 is 5.11 Å². The smallest absolute Gasteiger partial charge is 0.0500 e. The van der Waals surface area contributed by atoms with Crippen LogP contribution < -0.4 is 0 Å². The molecule has 1 heterocycles. The molecule has 2 nitrogen and oxygen atoms in total. The molecule has 3 unspecified atom stereocenters. The molecule has 2 heteroatoms. The molecule has 0 fully saturated rings. The first-order valence-electron chi connectivity index (χ1n) is 7.63. The highest BCUT2D eigenvalue weighted by atomic mass is 16.3. The van der Waals surface area contributed by atoms with Crippen LogP contribution in [0.25, 0.3) is 0 Å². The summed E-state index contributed by atoms with van der Waals surface area (Å²) in [4.78, 5) is 0. The first-order chi connectivity index (χ1) is 9.86. The summed E-state index contributed by atoms with van der Waals surface area (Å²) >= 11 is 0. The molecule has 3 atom stereocenters. The molecule has 106 valence electrons. The van der Waals surface area contributed by atoms with E-state index in [9.17, 15) is 5.11 Å². The first kappa shape index (κ1) is 13.4. The van der Waals surface area contributed by atoms with Crippen LogP contribution in [0.3, 0.4) is 0 Å². The molecule has 1 aromatic rings. The molecule has 0 bridgehead atoms. The number of fused-ring (bicyclic) bond motifs is 1. The summed E-state index contributed by atoms with van der Waals surface area (Å²) in [6, 6.07) is 4.10. The van der Waals surface area contributed by atoms with E-state index in [1.807, 2.05) is 12.1 Å². The number of hydrogen-bond acceptors (Lipinski definition) is 1. The minimum atomic E-state index is 0.241. The second-order valence-corrected chi connectivity index (χ2v) is 5.89. The van der Waals surface area contributed by atoms with E-state index in [1.165, 1.54) is 5.57 Å². The lowest BCUT2D eigenvalue weighted by Gasteiger charge is -2.29. The molecule has 0 radical (unpaired) electrons. The van der Waals surface area contributed by atoms with Crippen molar-refractivity contribution in [3.8, 4) is 0 Å². The standard InChI is InChI=1S/C18H23NO/c20-14-18(9-12-19-10-3-4-11-19)17-8-7-15-5-1-2-6-16(15)13-17/h1-4,7-8,10-11,13,15-16,18,20H,5-6,9,12,14H2. The minimum absolute atomic E-state index is 0.241. The van der Waals surface area contributed by atoms with Gasteiger partial charge in [-0.25, -0.2) is 0 Å². The van der Waals surface area contributed by atoms with Gasteiger partial charge in [-0.05, 0) is 48.8 Å². The number of aromatic nitrogens is 1. The second kappa shape index (κ2) is 6.27. The molecule has 1 N–H and O–H groups in total. The van der Waals surface area contributed by atoms with Crippen LogP contribution in [0.1, 0.15) is 19.3 Å². The topological polar surface area (TPSA) is 25.2 Å². The van der Waals surface area contributed by atoms with Crippen molar-refractivity contribution in [2.45, 2.75) is 25.8 Å². The molecular formula is C18H23NO. The van der Waals surface area contributed by atoms with Gasteiger partial charge in [0.1, 0.15) is 0 Å². The summed E-state index contributed by atoms with van der Waals surface area (Å²) in [5, 5.41) is 9.70. The quantitative estimate of drug-likeness (QED) is 0.812. The maximum Gasteiger partial charge on any atom is 0.0500 e. The Morgan fingerprint density at radius 2 is 1.90 bits per heavy atom. The molecule has 20 heavy (non-hydrogen) atoms. The zero-order chi connectivity index (χ0) is 13.8. The molecule has 2 aliphatic carbocycles. The Balaban J connectivity index is 1.65. The van der Waals surface area contributed by atoms with Gasteiger partial charge in [-0.1, -0.05) is 30.4 Å². The van der Waals surface area contributed by atoms with Gasteiger partial charge in [0.25, 0.3) is 0 Å². The molecule has 0 saturated heterocycles. The molecule has 0 amide bonds. The highest BCUT2D eigenvalue weighted by molar-refractivity contribution is 5.29. The summed E-state index contributed by atoms with van der Waals surface area (Å²) < 4.78 is 2.18. The van der Waals surface area contributed by atoms with Gasteiger partial charge < -0.3 is 9.67 Å². The van der Waals surface area contributed by atoms with Gasteiger partial charge in [0, 0.05) is 31.5 Å². The van der Waals surface area contributed by atoms with Crippen LogP contribution in [-0.4, -0.2) is 16.3 Å². The van der Waals surface area contributed by atoms with Gasteiger partial charge >= 0.3 is 0 Å². The lowest BCUT2D eigenvalue weighted by atomic mass is 9.76. The Kier molecular flexibility index (Phi) is 4.22. The van der Waals surface area contributed by atoms with Gasteiger partial charge in [0.15, 0.2) is 0 Å². The van der Waals surface area contributed by atoms with Crippen LogP contribution in [0.5, 0.6) is 0 Å². The van der Waals surface area contributed by atoms with E-state index in [0.717, 1.165) is 25.8 Å². The van der Waals surface area contributed by atoms with Gasteiger partial charge in [0.05, 0.1) is 0 Å². The molecular weight excluding hydrogens is 246 g/mol. The highest BCUT2D eigenvalue weighted by Crippen LogP contribution is 2.34. The minimum Gasteiger partial charge on any atom is -0.396 e. The Hall–Kier alpha value is -1.54. The summed E-state index contributed by atoms with van der Waals surface area (Å²) in [5.74, 6) is 1.58. The number of aliphatic hydroxyl groups excluding tert-OH is 1. The third-order valence-corrected chi connectivity index (χ3v) is 4.57. The Bertz CT molecular complexity index is 510. The number of aryl methyl sites for hydroxylation is 1. The fourth-order valence-electron chi connectivity index (χ4n) is 3.27. The third kappa shape index (κ3) is 2.96. The number of rotatable bonds is 5. The maximum atomic E-state index is 9.70. The average molecular weight is 269 g/mol. The van der Waals surface area contributed by atoms with Crippen molar-refractivity contribution in [1.29, 1.82) is 0 Å². The molecule has 0 aromatic carbocycles. The number of nitrogens with zero attached hydrogens (tertiary/aromatic N) is 1. The lowest BCUT2D eigenvalue weighted by molar-refractivity contribution is 0.235. The van der Waals surface area contributed by atoms with Crippen LogP contribution in [0.2, 0.25) is 0 Å². The zero-order valence-corrected chi connectivity index (χ0v) is 11.9. The first-order valence-corrected chi connectivity index (χ1v) is 7.63. The summed E-state index contributed by atoms with van der Waals surface area (Å²) in [6.45, 7) is 1.21. The predicted octanol–water partition coefficient (Wildman–Crippen LogP) is 3.57. The van der Waals surface area contributed by atoms with Crippen molar-refractivity contribution in [3.05, 3.63) is 60.5 Å². The van der Waals surface area contributed by atoms with E-state index in [-0.39, 0.29) is 12.5 Å². The van der Waals surface area contributed by atoms with E-state index >= 15 is 0 Å². The summed E-state index contributed by atoms with van der Waals surface area (Å²) in [6.07, 6.45) is 19.1. The average Bonchev–Trinajstić information content (AvgIpc) is 3.01. The molecule has 2 aliphatic rings. The number of allylic oxidation sites excluding steroid dienone is 5. The van der Waals surface area contributed by atoms with Gasteiger partial charge in [-0.2, -0.15) is 0 Å². The zero-order valence-electron chi connectivity index (χ0n) is 11.9. The van der Waals surface area contributed by atoms with E-state index in [0.29, 0.717) is 11.8 Å². The van der Waals surface area contributed by atoms with Crippen LogP contribution >= 0.6 is 0 Å². The van der Waals surface area contributed by atoms with Crippen molar-refractivity contribution in [2.24, 2.45) is 17.8 Å². The third-order valence-electron chi connectivity index (χ3n) is 4.57. The van der Waals surface area contributed by atoms with Crippen molar-refractivity contribution in [3.63, 3.8) is 0 Å². The number of hydrogen-bond donors (Lipinski definition) is 1. The monoisotopic (exact) mass is 269 g/mol. The van der Waals surface area contributed by atoms with E-state index in [4.69, 9.17) is 0 Å². The SMILES string of the molecule is OCC(CCn1cccc1)C1=CC2CC=CCC2C=C1. The summed E-state index contributed by atoms with van der Waals surface area (Å²) in [7, 11) is 0. The van der Waals surface area contributed by atoms with Gasteiger partial charge in [-0.3, -0.25) is 0 Å². The largest absolute Gasteiger partial charge is 0.396 e. The van der Waals surface area contributed by atoms with Gasteiger partial charge in [0.2, 0.25) is 0 Å². The van der Waals surface area contributed by atoms with E-state index in [1.54, 1.807) is 0 Å². The van der Waals surface area contributed by atoms with Crippen LogP contribution in [0, 0.1) is 17.8 Å². The van der Waals surface area contributed by atoms with Crippen molar-refractivity contribution in [1.82, 2.24) is 4.57 Å². The second-order valence-electron chi connectivity index (χ2n) is 5.89. The molecule has 0 spiro atoms. The van der Waals surface area contributed by atoms with Gasteiger partial charge in [-0.15, -0.1) is 0 Å². The fraction of sp³-hybridized carbons (Fsp3) is 0.444.